The summed E-state index contributed by atoms with van der Waals surface area (Å²) in [5.41, 5.74) is 8.10. The van der Waals surface area contributed by atoms with E-state index in [2.05, 4.69) is 4.98 Å². The average molecular weight is 452 g/mol. The third-order valence-corrected chi connectivity index (χ3v) is 5.48. The van der Waals surface area contributed by atoms with E-state index in [1.807, 2.05) is 6.07 Å². The monoisotopic (exact) mass is 452 g/mol. The number of amides is 3. The quantitative estimate of drug-likeness (QED) is 0.557. The maximum atomic E-state index is 12.4. The van der Waals surface area contributed by atoms with Gasteiger partial charge in [0.1, 0.15) is 5.75 Å². The summed E-state index contributed by atoms with van der Waals surface area (Å²) < 4.78 is 16.2. The lowest BCUT2D eigenvalue weighted by atomic mass is 10.1. The largest absolute Gasteiger partial charge is 0.496 e. The van der Waals surface area contributed by atoms with Crippen molar-refractivity contribution in [3.05, 3.63) is 60.6 Å². The topological polar surface area (TPSA) is 131 Å². The lowest BCUT2D eigenvalue weighted by Gasteiger charge is -2.26. The normalized spacial score (nSPS) is 15.2. The molecule has 3 amide bonds. The fraction of sp³-hybridized carbons (Fsp3) is 0.261. The molecule has 1 aliphatic rings. The number of rotatable bonds is 7. The van der Waals surface area contributed by atoms with Gasteiger partial charge in [0, 0.05) is 19.2 Å². The fourth-order valence-electron chi connectivity index (χ4n) is 3.89. The van der Waals surface area contributed by atoms with Crippen LogP contribution in [0.5, 0.6) is 5.75 Å². The van der Waals surface area contributed by atoms with Crippen molar-refractivity contribution in [2.75, 3.05) is 25.2 Å². The molecule has 172 valence electrons. The molecule has 2 heterocycles. The van der Waals surface area contributed by atoms with E-state index in [-0.39, 0.29) is 12.6 Å². The molecule has 0 radical (unpaired) electrons. The van der Waals surface area contributed by atoms with Gasteiger partial charge in [0.2, 0.25) is 0 Å². The minimum Gasteiger partial charge on any atom is -0.496 e. The number of carbonyl (C=O) groups is 2. The third kappa shape index (κ3) is 4.75. The lowest BCUT2D eigenvalue weighted by Crippen LogP contribution is -2.39. The van der Waals surface area contributed by atoms with Crippen LogP contribution in [0.15, 0.2) is 59.5 Å². The van der Waals surface area contributed by atoms with Crippen LogP contribution in [-0.2, 0) is 11.3 Å². The predicted molar refractivity (Wildman–Crippen MR) is 119 cm³/mol. The van der Waals surface area contributed by atoms with Gasteiger partial charge >= 0.3 is 12.1 Å². The van der Waals surface area contributed by atoms with E-state index in [1.54, 1.807) is 42.6 Å². The number of hydrogen-bond acceptors (Lipinski definition) is 6. The Morgan fingerprint density at radius 1 is 1.24 bits per heavy atom. The average Bonchev–Trinajstić information content (AvgIpc) is 3.52. The van der Waals surface area contributed by atoms with Gasteiger partial charge in [-0.2, -0.15) is 0 Å². The van der Waals surface area contributed by atoms with Crippen molar-refractivity contribution in [2.24, 2.45) is 5.73 Å². The molecule has 2 aromatic carbocycles. The summed E-state index contributed by atoms with van der Waals surface area (Å²) in [6.45, 7) is 1.07. The van der Waals surface area contributed by atoms with Gasteiger partial charge in [0.05, 0.1) is 42.9 Å². The fourth-order valence-corrected chi connectivity index (χ4v) is 3.89. The highest BCUT2D eigenvalue weighted by molar-refractivity contribution is 5.99. The number of aromatic nitrogens is 1. The van der Waals surface area contributed by atoms with Gasteiger partial charge in [-0.05, 0) is 36.2 Å². The highest BCUT2D eigenvalue weighted by Crippen LogP contribution is 2.36. The van der Waals surface area contributed by atoms with Crippen LogP contribution in [0.1, 0.15) is 12.0 Å². The molecule has 0 bridgehead atoms. The zero-order valence-electron chi connectivity index (χ0n) is 18.0. The van der Waals surface area contributed by atoms with E-state index in [1.165, 1.54) is 23.3 Å². The Labute approximate surface area is 190 Å². The van der Waals surface area contributed by atoms with Crippen molar-refractivity contribution in [3.8, 4) is 17.1 Å². The maximum absolute atomic E-state index is 12.4. The number of urea groups is 1. The second-order valence-corrected chi connectivity index (χ2v) is 7.52. The number of carboxylic acid groups (broad SMARTS) is 1. The van der Waals surface area contributed by atoms with E-state index < -0.39 is 12.1 Å². The Kier molecular flexibility index (Phi) is 6.45. The number of hydrogen-bond donors (Lipinski definition) is 2. The summed E-state index contributed by atoms with van der Waals surface area (Å²) in [6, 6.07) is 11.3. The van der Waals surface area contributed by atoms with Crippen molar-refractivity contribution in [1.29, 1.82) is 0 Å². The molecule has 10 heteroatoms. The summed E-state index contributed by atoms with van der Waals surface area (Å²) in [4.78, 5) is 30.8. The number of oxazole rings is 1. The Hall–Kier alpha value is -4.05. The molecule has 1 saturated heterocycles. The van der Waals surface area contributed by atoms with Gasteiger partial charge < -0.3 is 24.7 Å². The van der Waals surface area contributed by atoms with E-state index in [4.69, 9.17) is 19.6 Å². The molecule has 3 N–H and O–H groups in total. The predicted octanol–water partition coefficient (Wildman–Crippen LogP) is 3.84. The molecule has 10 nitrogen and oxygen atoms in total. The minimum atomic E-state index is -1.02. The first kappa shape index (κ1) is 22.2. The summed E-state index contributed by atoms with van der Waals surface area (Å²) >= 11 is 0. The zero-order valence-corrected chi connectivity index (χ0v) is 18.0. The molecule has 3 aromatic rings. The molecule has 1 fully saturated rings. The van der Waals surface area contributed by atoms with Crippen LogP contribution < -0.4 is 15.4 Å². The molecule has 0 aliphatic carbocycles. The molecule has 33 heavy (non-hydrogen) atoms. The van der Waals surface area contributed by atoms with E-state index in [0.29, 0.717) is 48.1 Å². The second-order valence-electron chi connectivity index (χ2n) is 7.52. The van der Waals surface area contributed by atoms with Gasteiger partial charge in [-0.1, -0.05) is 12.1 Å². The third-order valence-electron chi connectivity index (χ3n) is 5.48. The standard InChI is InChI=1S/C23H24N4O6/c1-31-20-10-17(5-6-19(20)21-11-25-14-33-21)27(22(24)28)16-4-2-3-15(9-16)12-26(23(29)30)18-7-8-32-13-18/h2-6,9-11,14,18H,7-8,12-13H2,1H3,(H2,24,28)(H,29,30)/t18-/m0/s1. The number of ether oxygens (including phenoxy) is 2. The minimum absolute atomic E-state index is 0.164. The van der Waals surface area contributed by atoms with Crippen LogP contribution in [0.3, 0.4) is 0 Å². The molecule has 0 spiro atoms. The van der Waals surface area contributed by atoms with Crippen molar-refractivity contribution in [2.45, 2.75) is 19.0 Å². The molecule has 1 aromatic heterocycles. The van der Waals surface area contributed by atoms with Crippen molar-refractivity contribution >= 4 is 23.5 Å². The van der Waals surface area contributed by atoms with Crippen LogP contribution in [0.25, 0.3) is 11.3 Å². The number of methoxy groups -OCH3 is 1. The number of anilines is 2. The second kappa shape index (κ2) is 9.61. The number of nitrogens with zero attached hydrogens (tertiary/aromatic N) is 3. The highest BCUT2D eigenvalue weighted by atomic mass is 16.5. The Balaban J connectivity index is 1.65. The van der Waals surface area contributed by atoms with Gasteiger partial charge in [-0.15, -0.1) is 0 Å². The molecule has 0 saturated carbocycles. The van der Waals surface area contributed by atoms with Crippen LogP contribution >= 0.6 is 0 Å². The van der Waals surface area contributed by atoms with Crippen molar-refractivity contribution in [3.63, 3.8) is 0 Å². The van der Waals surface area contributed by atoms with E-state index in [9.17, 15) is 14.7 Å². The maximum Gasteiger partial charge on any atom is 0.407 e. The molecule has 1 aliphatic heterocycles. The lowest BCUT2D eigenvalue weighted by molar-refractivity contribution is 0.108. The van der Waals surface area contributed by atoms with Gasteiger partial charge in [0.15, 0.2) is 12.2 Å². The Bertz CT molecular complexity index is 1130. The molecule has 1 atom stereocenters. The first-order valence-electron chi connectivity index (χ1n) is 10.3. The van der Waals surface area contributed by atoms with Gasteiger partial charge in [0.25, 0.3) is 0 Å². The van der Waals surface area contributed by atoms with Crippen LogP contribution in [0.2, 0.25) is 0 Å². The van der Waals surface area contributed by atoms with Crippen LogP contribution in [-0.4, -0.2) is 53.5 Å². The van der Waals surface area contributed by atoms with Crippen LogP contribution in [0, 0.1) is 0 Å². The highest BCUT2D eigenvalue weighted by Gasteiger charge is 2.27. The number of carbonyl (C=O) groups excluding carboxylic acids is 1. The number of nitrogens with two attached hydrogens (primary N) is 1. The van der Waals surface area contributed by atoms with Crippen LogP contribution in [0.4, 0.5) is 21.0 Å². The summed E-state index contributed by atoms with van der Waals surface area (Å²) in [5, 5.41) is 9.66. The molecular weight excluding hydrogens is 428 g/mol. The van der Waals surface area contributed by atoms with Gasteiger partial charge in [-0.3, -0.25) is 9.80 Å². The Morgan fingerprint density at radius 2 is 2.06 bits per heavy atom. The summed E-state index contributed by atoms with van der Waals surface area (Å²) in [5.74, 6) is 1.00. The number of primary amides is 1. The SMILES string of the molecule is COc1cc(N(C(N)=O)c2cccc(CN(C(=O)O)[C@H]3CCOC3)c2)ccc1-c1cnco1. The van der Waals surface area contributed by atoms with Gasteiger partial charge in [-0.25, -0.2) is 14.6 Å². The van der Waals surface area contributed by atoms with E-state index in [0.717, 1.165) is 5.56 Å². The van der Waals surface area contributed by atoms with E-state index >= 15 is 0 Å². The molecular formula is C23H24N4O6. The first-order valence-corrected chi connectivity index (χ1v) is 10.3. The van der Waals surface area contributed by atoms with Crippen molar-refractivity contribution in [1.82, 2.24) is 9.88 Å². The number of benzene rings is 2. The first-order chi connectivity index (χ1) is 16.0. The molecule has 0 unspecified atom stereocenters. The van der Waals surface area contributed by atoms with Crippen molar-refractivity contribution < 1.29 is 28.6 Å². The summed E-state index contributed by atoms with van der Waals surface area (Å²) in [6.07, 6.45) is 2.52. The Morgan fingerprint density at radius 3 is 2.70 bits per heavy atom. The zero-order chi connectivity index (χ0) is 23.4. The summed E-state index contributed by atoms with van der Waals surface area (Å²) in [7, 11) is 1.52. The smallest absolute Gasteiger partial charge is 0.407 e. The molecule has 4 rings (SSSR count).